The van der Waals surface area contributed by atoms with Gasteiger partial charge in [-0.05, 0) is 31.0 Å². The van der Waals surface area contributed by atoms with Gasteiger partial charge < -0.3 is 4.74 Å². The predicted octanol–water partition coefficient (Wildman–Crippen LogP) is 2.86. The molecule has 1 aromatic carbocycles. The van der Waals surface area contributed by atoms with Gasteiger partial charge in [0.05, 0.1) is 7.11 Å². The van der Waals surface area contributed by atoms with Gasteiger partial charge in [0, 0.05) is 0 Å². The highest BCUT2D eigenvalue weighted by Gasteiger charge is 2.07. The number of ether oxygens (including phenoxy) is 1. The molecule has 1 nitrogen and oxygen atoms in total. The van der Waals surface area contributed by atoms with Gasteiger partial charge in [-0.3, -0.25) is 0 Å². The minimum absolute atomic E-state index is 0.0229. The Morgan fingerprint density at radius 2 is 2.25 bits per heavy atom. The average Bonchev–Trinajstić information content (AvgIpc) is 2.09. The Bertz CT molecular complexity index is 286. The summed E-state index contributed by atoms with van der Waals surface area (Å²) in [4.78, 5) is 0. The Morgan fingerprint density at radius 3 is 2.75 bits per heavy atom. The van der Waals surface area contributed by atoms with E-state index >= 15 is 0 Å². The topological polar surface area (TPSA) is 9.23 Å². The number of rotatable bonds is 2. The second kappa shape index (κ2) is 3.76. The van der Waals surface area contributed by atoms with E-state index in [1.807, 2.05) is 0 Å². The number of hydrogen-bond acceptors (Lipinski definition) is 1. The third kappa shape index (κ3) is 1.69. The first-order valence-corrected chi connectivity index (χ1v) is 3.88. The lowest BCUT2D eigenvalue weighted by molar-refractivity contribution is 0.411. The first-order chi connectivity index (χ1) is 5.69. The lowest BCUT2D eigenvalue weighted by Crippen LogP contribution is -1.90. The summed E-state index contributed by atoms with van der Waals surface area (Å²) < 4.78 is 17.8. The van der Waals surface area contributed by atoms with Crippen LogP contribution in [0.3, 0.4) is 0 Å². The van der Waals surface area contributed by atoms with E-state index in [2.05, 4.69) is 6.92 Å². The highest BCUT2D eigenvalue weighted by molar-refractivity contribution is 6.32. The lowest BCUT2D eigenvalue weighted by atomic mass is 10.1. The molecule has 0 saturated heterocycles. The summed E-state index contributed by atoms with van der Waals surface area (Å²) in [5.41, 5.74) is 0.772. The summed E-state index contributed by atoms with van der Waals surface area (Å²) in [5.74, 6) is -0.106. The van der Waals surface area contributed by atoms with E-state index in [1.165, 1.54) is 13.2 Å². The van der Waals surface area contributed by atoms with Gasteiger partial charge in [0.1, 0.15) is 16.6 Å². The molecule has 12 heavy (non-hydrogen) atoms. The van der Waals surface area contributed by atoms with Crippen LogP contribution in [0.5, 0.6) is 5.75 Å². The normalized spacial score (nSPS) is 10.0. The maximum atomic E-state index is 13.0. The molecule has 65 valence electrons. The zero-order chi connectivity index (χ0) is 9.14. The van der Waals surface area contributed by atoms with Gasteiger partial charge in [-0.1, -0.05) is 11.6 Å². The Kier molecular flexibility index (Phi) is 2.93. The molecule has 0 amide bonds. The molecule has 0 aliphatic heterocycles. The van der Waals surface area contributed by atoms with Gasteiger partial charge in [0.25, 0.3) is 0 Å². The van der Waals surface area contributed by atoms with Gasteiger partial charge in [-0.2, -0.15) is 0 Å². The smallest absolute Gasteiger partial charge is 0.145 e. The van der Waals surface area contributed by atoms with E-state index in [0.717, 1.165) is 5.56 Å². The lowest BCUT2D eigenvalue weighted by Gasteiger charge is -2.05. The summed E-state index contributed by atoms with van der Waals surface area (Å²) in [5, 5.41) is 0.0229. The molecule has 0 fully saturated rings. The van der Waals surface area contributed by atoms with Crippen LogP contribution in [0.15, 0.2) is 12.1 Å². The molecule has 3 heteroatoms. The second-order valence-electron chi connectivity index (χ2n) is 2.34. The van der Waals surface area contributed by atoms with Crippen molar-refractivity contribution in [3.05, 3.63) is 35.5 Å². The van der Waals surface area contributed by atoms with Gasteiger partial charge in [0.2, 0.25) is 0 Å². The van der Waals surface area contributed by atoms with E-state index in [1.54, 1.807) is 6.07 Å². The van der Waals surface area contributed by atoms with Crippen LogP contribution in [0, 0.1) is 12.7 Å². The highest BCUT2D eigenvalue weighted by atomic mass is 35.5. The summed E-state index contributed by atoms with van der Waals surface area (Å²) in [6.45, 7) is 3.64. The Morgan fingerprint density at radius 1 is 1.58 bits per heavy atom. The van der Waals surface area contributed by atoms with Crippen LogP contribution in [-0.4, -0.2) is 7.11 Å². The first-order valence-electron chi connectivity index (χ1n) is 3.50. The van der Waals surface area contributed by atoms with Crippen LogP contribution in [0.4, 0.5) is 4.39 Å². The molecule has 0 aliphatic rings. The first kappa shape index (κ1) is 9.33. The molecular formula is C9H9ClFO. The zero-order valence-electron chi connectivity index (χ0n) is 6.73. The third-order valence-electron chi connectivity index (χ3n) is 1.56. The van der Waals surface area contributed by atoms with Crippen LogP contribution in [0.1, 0.15) is 5.56 Å². The van der Waals surface area contributed by atoms with Gasteiger partial charge in [0.15, 0.2) is 0 Å². The second-order valence-corrected chi connectivity index (χ2v) is 2.72. The minimum atomic E-state index is -0.463. The van der Waals surface area contributed by atoms with Crippen molar-refractivity contribution in [3.63, 3.8) is 0 Å². The average molecular weight is 188 g/mol. The van der Waals surface area contributed by atoms with E-state index in [4.69, 9.17) is 16.3 Å². The van der Waals surface area contributed by atoms with Crippen molar-refractivity contribution in [1.29, 1.82) is 0 Å². The summed E-state index contributed by atoms with van der Waals surface area (Å²) in [6, 6.07) is 3.04. The third-order valence-corrected chi connectivity index (χ3v) is 1.93. The summed E-state index contributed by atoms with van der Waals surface area (Å²) in [7, 11) is 1.45. The molecule has 1 aromatic rings. The molecule has 0 aliphatic carbocycles. The molecule has 0 heterocycles. The fourth-order valence-corrected chi connectivity index (χ4v) is 1.10. The van der Waals surface area contributed by atoms with E-state index < -0.39 is 5.82 Å². The van der Waals surface area contributed by atoms with Crippen molar-refractivity contribution in [3.8, 4) is 5.75 Å². The largest absolute Gasteiger partial charge is 0.495 e. The molecular weight excluding hydrogens is 179 g/mol. The Labute approximate surface area is 76.1 Å². The summed E-state index contributed by atoms with van der Waals surface area (Å²) in [6.07, 6.45) is 0.518. The number of hydrogen-bond donors (Lipinski definition) is 0. The van der Waals surface area contributed by atoms with Crippen LogP contribution >= 0.6 is 11.6 Å². The SMILES string of the molecule is [CH2]Cc1cc(F)c(Cl)c(OC)c1. The Balaban J connectivity index is 3.19. The van der Waals surface area contributed by atoms with E-state index in [0.29, 0.717) is 12.2 Å². The van der Waals surface area contributed by atoms with Crippen molar-refractivity contribution in [2.45, 2.75) is 6.42 Å². The van der Waals surface area contributed by atoms with E-state index in [-0.39, 0.29) is 5.02 Å². The number of benzene rings is 1. The molecule has 0 N–H and O–H groups in total. The van der Waals surface area contributed by atoms with Crippen LogP contribution in [-0.2, 0) is 6.42 Å². The maximum Gasteiger partial charge on any atom is 0.145 e. The van der Waals surface area contributed by atoms with Crippen molar-refractivity contribution in [2.75, 3.05) is 7.11 Å². The maximum absolute atomic E-state index is 13.0. The van der Waals surface area contributed by atoms with Crippen LogP contribution in [0.2, 0.25) is 5.02 Å². The van der Waals surface area contributed by atoms with Gasteiger partial charge >= 0.3 is 0 Å². The van der Waals surface area contributed by atoms with Gasteiger partial charge in [-0.15, -0.1) is 0 Å². The standard InChI is InChI=1S/C9H9ClFO/c1-3-6-4-7(11)9(10)8(5-6)12-2/h4-5H,1,3H2,2H3. The van der Waals surface area contributed by atoms with E-state index in [9.17, 15) is 4.39 Å². The molecule has 0 bridgehead atoms. The minimum Gasteiger partial charge on any atom is -0.495 e. The van der Waals surface area contributed by atoms with Crippen molar-refractivity contribution < 1.29 is 9.13 Å². The quantitative estimate of drug-likeness (QED) is 0.692. The fraction of sp³-hybridized carbons (Fsp3) is 0.222. The fourth-order valence-electron chi connectivity index (χ4n) is 0.910. The zero-order valence-corrected chi connectivity index (χ0v) is 7.49. The van der Waals surface area contributed by atoms with Crippen LogP contribution < -0.4 is 4.74 Å². The molecule has 0 spiro atoms. The van der Waals surface area contributed by atoms with Crippen molar-refractivity contribution in [1.82, 2.24) is 0 Å². The Hall–Kier alpha value is -0.760. The van der Waals surface area contributed by atoms with Crippen LogP contribution in [0.25, 0.3) is 0 Å². The number of halogens is 2. The molecule has 0 saturated carbocycles. The van der Waals surface area contributed by atoms with Crippen molar-refractivity contribution >= 4 is 11.6 Å². The van der Waals surface area contributed by atoms with Crippen molar-refractivity contribution in [2.24, 2.45) is 0 Å². The molecule has 1 radical (unpaired) electrons. The monoisotopic (exact) mass is 187 g/mol. The summed E-state index contributed by atoms with van der Waals surface area (Å²) >= 11 is 5.60. The molecule has 0 aromatic heterocycles. The molecule has 0 unspecified atom stereocenters. The highest BCUT2D eigenvalue weighted by Crippen LogP contribution is 2.28. The number of methoxy groups -OCH3 is 1. The van der Waals surface area contributed by atoms with Gasteiger partial charge in [-0.25, -0.2) is 4.39 Å². The molecule has 1 rings (SSSR count). The predicted molar refractivity (Wildman–Crippen MR) is 47.0 cm³/mol. The molecule has 0 atom stereocenters.